The number of carbonyl (C=O) groups excluding carboxylic acids is 1. The van der Waals surface area contributed by atoms with E-state index in [1.165, 1.54) is 0 Å². The van der Waals surface area contributed by atoms with Gasteiger partial charge in [-0.3, -0.25) is 9.78 Å². The molecule has 2 saturated heterocycles. The molecule has 1 saturated carbocycles. The summed E-state index contributed by atoms with van der Waals surface area (Å²) in [6.45, 7) is 1.47. The fraction of sp³-hybridized carbons (Fsp3) is 0.478. The smallest absolute Gasteiger partial charge is 0.248 e. The molecule has 3 fully saturated rings. The molecule has 2 bridgehead atoms. The predicted octanol–water partition coefficient (Wildman–Crippen LogP) is 3.39. The Labute approximate surface area is 190 Å². The van der Waals surface area contributed by atoms with Gasteiger partial charge in [0.2, 0.25) is 5.91 Å². The highest BCUT2D eigenvalue weighted by Gasteiger charge is 2.44. The number of ether oxygens (including phenoxy) is 1. The van der Waals surface area contributed by atoms with Crippen LogP contribution >= 0.6 is 15.9 Å². The van der Waals surface area contributed by atoms with E-state index in [4.69, 9.17) is 10.00 Å². The number of pyridine rings is 2. The van der Waals surface area contributed by atoms with Crippen LogP contribution in [0.5, 0.6) is 0 Å². The summed E-state index contributed by atoms with van der Waals surface area (Å²) in [5.74, 6) is 0.948. The van der Waals surface area contributed by atoms with Crippen LogP contribution in [0.1, 0.15) is 43.2 Å². The summed E-state index contributed by atoms with van der Waals surface area (Å²) in [5, 5.41) is 9.00. The molecular weight excluding hydrogens is 458 g/mol. The quantitative estimate of drug-likeness (QED) is 0.650. The Morgan fingerprint density at radius 2 is 2.00 bits per heavy atom. The van der Waals surface area contributed by atoms with Crippen molar-refractivity contribution in [3.8, 4) is 6.07 Å². The lowest BCUT2D eigenvalue weighted by molar-refractivity contribution is -0.154. The minimum absolute atomic E-state index is 0.0542. The first-order valence-electron chi connectivity index (χ1n) is 10.8. The Hall–Kier alpha value is -2.50. The van der Waals surface area contributed by atoms with Crippen LogP contribution in [0.2, 0.25) is 0 Å². The number of fused-ring (bicyclic) bond motifs is 2. The normalized spacial score (nSPS) is 23.9. The van der Waals surface area contributed by atoms with Gasteiger partial charge in [0.1, 0.15) is 18.5 Å². The number of halogens is 1. The van der Waals surface area contributed by atoms with E-state index in [2.05, 4.69) is 36.9 Å². The summed E-state index contributed by atoms with van der Waals surface area (Å²) < 4.78 is 7.17. The zero-order valence-corrected chi connectivity index (χ0v) is 18.8. The second-order valence-corrected chi connectivity index (χ2v) is 9.55. The van der Waals surface area contributed by atoms with Gasteiger partial charge in [-0.25, -0.2) is 4.98 Å². The Balaban J connectivity index is 1.23. The van der Waals surface area contributed by atoms with E-state index in [0.717, 1.165) is 48.0 Å². The Kier molecular flexibility index (Phi) is 5.40. The molecule has 2 aromatic rings. The second-order valence-electron chi connectivity index (χ2n) is 8.64. The van der Waals surface area contributed by atoms with E-state index in [9.17, 15) is 4.79 Å². The molecule has 3 aliphatic rings. The zero-order valence-electron chi connectivity index (χ0n) is 17.2. The van der Waals surface area contributed by atoms with E-state index in [1.54, 1.807) is 12.4 Å². The third kappa shape index (κ3) is 3.81. The van der Waals surface area contributed by atoms with Crippen LogP contribution in [0.25, 0.3) is 0 Å². The number of rotatable bonds is 5. The number of amides is 1. The number of nitriles is 1. The van der Waals surface area contributed by atoms with Gasteiger partial charge in [0.25, 0.3) is 0 Å². The van der Waals surface area contributed by atoms with Gasteiger partial charge >= 0.3 is 0 Å². The molecule has 0 N–H and O–H groups in total. The summed E-state index contributed by atoms with van der Waals surface area (Å²) in [6, 6.07) is 8.39. The first-order chi connectivity index (χ1) is 15.1. The van der Waals surface area contributed by atoms with Gasteiger partial charge in [-0.15, -0.1) is 0 Å². The molecule has 2 atom stereocenters. The Bertz CT molecular complexity index is 1000. The lowest BCUT2D eigenvalue weighted by Gasteiger charge is -2.44. The monoisotopic (exact) mass is 481 g/mol. The highest BCUT2D eigenvalue weighted by molar-refractivity contribution is 9.10. The molecule has 1 unspecified atom stereocenters. The largest absolute Gasteiger partial charge is 0.360 e. The van der Waals surface area contributed by atoms with Gasteiger partial charge in [-0.05, 0) is 66.2 Å². The highest BCUT2D eigenvalue weighted by Crippen LogP contribution is 2.45. The first-order valence-corrected chi connectivity index (χ1v) is 11.5. The number of hydrogen-bond acceptors (Lipinski definition) is 6. The van der Waals surface area contributed by atoms with Crippen LogP contribution in [0.3, 0.4) is 0 Å². The van der Waals surface area contributed by atoms with Crippen LogP contribution in [-0.2, 0) is 15.1 Å². The van der Waals surface area contributed by atoms with E-state index < -0.39 is 0 Å². The number of likely N-dealkylation sites (tertiary alicyclic amines) is 1. The van der Waals surface area contributed by atoms with E-state index in [1.807, 2.05) is 29.3 Å². The van der Waals surface area contributed by atoms with Crippen molar-refractivity contribution in [2.75, 3.05) is 24.6 Å². The molecule has 0 spiro atoms. The van der Waals surface area contributed by atoms with Crippen molar-refractivity contribution < 1.29 is 9.53 Å². The van der Waals surface area contributed by atoms with Crippen molar-refractivity contribution in [1.29, 1.82) is 5.26 Å². The molecule has 2 aliphatic heterocycles. The topological polar surface area (TPSA) is 82.4 Å². The Morgan fingerprint density at radius 1 is 1.23 bits per heavy atom. The van der Waals surface area contributed by atoms with Crippen molar-refractivity contribution in [2.24, 2.45) is 0 Å². The average Bonchev–Trinajstić information content (AvgIpc) is 3.02. The molecule has 5 rings (SSSR count). The maximum atomic E-state index is 13.0. The maximum Gasteiger partial charge on any atom is 0.248 e. The minimum Gasteiger partial charge on any atom is -0.360 e. The van der Waals surface area contributed by atoms with Crippen LogP contribution in [0.4, 0.5) is 5.82 Å². The molecule has 31 heavy (non-hydrogen) atoms. The van der Waals surface area contributed by atoms with Crippen molar-refractivity contribution in [3.63, 3.8) is 0 Å². The van der Waals surface area contributed by atoms with E-state index in [-0.39, 0.29) is 30.2 Å². The lowest BCUT2D eigenvalue weighted by atomic mass is 9.75. The van der Waals surface area contributed by atoms with E-state index in [0.29, 0.717) is 18.7 Å². The van der Waals surface area contributed by atoms with Crippen LogP contribution in [0.15, 0.2) is 41.3 Å². The summed E-state index contributed by atoms with van der Waals surface area (Å²) in [7, 11) is 0. The van der Waals surface area contributed by atoms with Crippen molar-refractivity contribution in [2.45, 2.75) is 49.8 Å². The summed E-state index contributed by atoms with van der Waals surface area (Å²) in [5.41, 5.74) is 1.21. The van der Waals surface area contributed by atoms with Gasteiger partial charge in [-0.1, -0.05) is 0 Å². The van der Waals surface area contributed by atoms with Crippen molar-refractivity contribution in [1.82, 2.24) is 14.9 Å². The van der Waals surface area contributed by atoms with Gasteiger partial charge in [0.15, 0.2) is 0 Å². The van der Waals surface area contributed by atoms with Crippen LogP contribution < -0.4 is 4.90 Å². The highest BCUT2D eigenvalue weighted by atomic mass is 79.9. The summed E-state index contributed by atoms with van der Waals surface area (Å²) in [4.78, 5) is 26.1. The number of piperazine rings is 1. The number of hydrogen-bond donors (Lipinski definition) is 0. The van der Waals surface area contributed by atoms with Gasteiger partial charge in [0, 0.05) is 53.8 Å². The summed E-state index contributed by atoms with van der Waals surface area (Å²) >= 11 is 3.48. The Morgan fingerprint density at radius 3 is 2.58 bits per heavy atom. The molecular formula is C23H24BrN5O2. The lowest BCUT2D eigenvalue weighted by Crippen LogP contribution is -2.56. The standard InChI is InChI=1S/C23H24BrN5O2/c24-18-8-17(11-26-12-18)23(6-1-7-23)31-15-22(30)28-13-19-3-4-20(14-28)29(19)21-5-2-16(9-25)10-27-21/h2,5,8,10-12,19-20H,1,3-4,6-7,13-15H2/t19-,20?/m0/s1. The predicted molar refractivity (Wildman–Crippen MR) is 118 cm³/mol. The van der Waals surface area contributed by atoms with Gasteiger partial charge in [0.05, 0.1) is 11.2 Å². The van der Waals surface area contributed by atoms with E-state index >= 15 is 0 Å². The second kappa shape index (κ2) is 8.21. The SMILES string of the molecule is N#Cc1ccc(N2C3CC[C@H]2CN(C(=O)COC2(c4cncc(Br)c4)CCC2)C3)nc1. The van der Waals surface area contributed by atoms with Crippen LogP contribution in [-0.4, -0.2) is 52.6 Å². The maximum absolute atomic E-state index is 13.0. The van der Waals surface area contributed by atoms with Crippen LogP contribution in [0, 0.1) is 11.3 Å². The first kappa shape index (κ1) is 20.4. The number of nitrogens with zero attached hydrogens (tertiary/aromatic N) is 5. The molecule has 7 nitrogen and oxygen atoms in total. The van der Waals surface area contributed by atoms with Crippen molar-refractivity contribution in [3.05, 3.63) is 52.4 Å². The summed E-state index contributed by atoms with van der Waals surface area (Å²) in [6.07, 6.45) is 10.3. The molecule has 1 amide bonds. The zero-order chi connectivity index (χ0) is 21.4. The number of carbonyl (C=O) groups is 1. The fourth-order valence-electron chi connectivity index (χ4n) is 5.05. The fourth-order valence-corrected chi connectivity index (χ4v) is 5.42. The third-order valence-electron chi connectivity index (χ3n) is 6.84. The van der Waals surface area contributed by atoms with Crippen molar-refractivity contribution >= 4 is 27.7 Å². The number of anilines is 1. The minimum atomic E-state index is -0.389. The number of aromatic nitrogens is 2. The molecule has 4 heterocycles. The van der Waals surface area contributed by atoms with Gasteiger partial charge in [-0.2, -0.15) is 5.26 Å². The molecule has 0 radical (unpaired) electrons. The molecule has 2 aromatic heterocycles. The molecule has 1 aliphatic carbocycles. The molecule has 0 aromatic carbocycles. The molecule has 8 heteroatoms. The molecule has 160 valence electrons. The average molecular weight is 482 g/mol. The third-order valence-corrected chi connectivity index (χ3v) is 7.27. The van der Waals surface area contributed by atoms with Gasteiger partial charge < -0.3 is 14.5 Å².